The minimum Gasteiger partial charge on any atom is -0.394 e. The van der Waals surface area contributed by atoms with Gasteiger partial charge in [-0.15, -0.1) is 11.8 Å². The van der Waals surface area contributed by atoms with Crippen LogP contribution in [0.25, 0.3) is 0 Å². The molecule has 0 spiro atoms. The van der Waals surface area contributed by atoms with Gasteiger partial charge in [0.05, 0.1) is 6.61 Å². The van der Waals surface area contributed by atoms with Crippen molar-refractivity contribution in [3.05, 3.63) is 29.3 Å². The fraction of sp³-hybridized carbons (Fsp3) is 0.500. The fourth-order valence-electron chi connectivity index (χ4n) is 1.15. The summed E-state index contributed by atoms with van der Waals surface area (Å²) in [4.78, 5) is 1.25. The van der Waals surface area contributed by atoms with E-state index in [9.17, 15) is 0 Å². The highest BCUT2D eigenvalue weighted by atomic mass is 32.2. The van der Waals surface area contributed by atoms with Crippen molar-refractivity contribution in [2.24, 2.45) is 5.73 Å². The molecule has 0 fully saturated rings. The summed E-state index contributed by atoms with van der Waals surface area (Å²) in [5.74, 6) is 0.730. The maximum Gasteiger partial charge on any atom is 0.0616 e. The third-order valence-electron chi connectivity index (χ3n) is 2.26. The molecule has 0 amide bonds. The molecular formula is C12H19NOS. The summed E-state index contributed by atoms with van der Waals surface area (Å²) in [5, 5.41) is 9.06. The van der Waals surface area contributed by atoms with Gasteiger partial charge in [0.25, 0.3) is 0 Å². The number of aliphatic hydroxyl groups excluding tert-OH is 1. The Morgan fingerprint density at radius 1 is 1.40 bits per heavy atom. The lowest BCUT2D eigenvalue weighted by atomic mass is 10.1. The van der Waals surface area contributed by atoms with Gasteiger partial charge in [0.15, 0.2) is 0 Å². The number of rotatable bonds is 4. The van der Waals surface area contributed by atoms with Crippen LogP contribution in [0.15, 0.2) is 23.1 Å². The molecule has 15 heavy (non-hydrogen) atoms. The van der Waals surface area contributed by atoms with Crippen LogP contribution in [0.3, 0.4) is 0 Å². The van der Waals surface area contributed by atoms with Crippen molar-refractivity contribution in [3.8, 4) is 0 Å². The van der Waals surface area contributed by atoms with Crippen LogP contribution >= 0.6 is 11.8 Å². The van der Waals surface area contributed by atoms with Crippen LogP contribution in [0.2, 0.25) is 0 Å². The Bertz CT molecular complexity index is 336. The average molecular weight is 225 g/mol. The number of aryl methyl sites for hydroxylation is 2. The fourth-order valence-corrected chi connectivity index (χ4v) is 2.29. The molecule has 1 unspecified atom stereocenters. The van der Waals surface area contributed by atoms with E-state index in [0.29, 0.717) is 0 Å². The van der Waals surface area contributed by atoms with Crippen molar-refractivity contribution in [3.63, 3.8) is 0 Å². The number of benzene rings is 1. The van der Waals surface area contributed by atoms with E-state index < -0.39 is 5.54 Å². The lowest BCUT2D eigenvalue weighted by molar-refractivity contribution is 0.224. The molecule has 2 nitrogen and oxygen atoms in total. The second kappa shape index (κ2) is 5.01. The zero-order valence-corrected chi connectivity index (χ0v) is 10.4. The van der Waals surface area contributed by atoms with E-state index in [2.05, 4.69) is 32.0 Å². The lowest BCUT2D eigenvalue weighted by Crippen LogP contribution is -2.42. The van der Waals surface area contributed by atoms with Gasteiger partial charge in [-0.05, 0) is 32.4 Å². The second-order valence-electron chi connectivity index (χ2n) is 4.37. The predicted molar refractivity (Wildman–Crippen MR) is 66.3 cm³/mol. The van der Waals surface area contributed by atoms with Gasteiger partial charge in [-0.3, -0.25) is 0 Å². The molecule has 0 aromatic heterocycles. The molecule has 0 saturated heterocycles. The van der Waals surface area contributed by atoms with E-state index in [1.807, 2.05) is 6.92 Å². The van der Waals surface area contributed by atoms with Gasteiger partial charge in [0.1, 0.15) is 0 Å². The number of hydrogen-bond acceptors (Lipinski definition) is 3. The Labute approximate surface area is 95.9 Å². The predicted octanol–water partition coefficient (Wildman–Crippen LogP) is 2.11. The molecule has 0 radical (unpaired) electrons. The molecule has 3 N–H and O–H groups in total. The Hall–Kier alpha value is -0.510. The van der Waals surface area contributed by atoms with Gasteiger partial charge in [0, 0.05) is 16.2 Å². The molecule has 84 valence electrons. The summed E-state index contributed by atoms with van der Waals surface area (Å²) in [6, 6.07) is 6.38. The number of hydrogen-bond donors (Lipinski definition) is 2. The van der Waals surface area contributed by atoms with Crippen molar-refractivity contribution >= 4 is 11.8 Å². The average Bonchev–Trinajstić information content (AvgIpc) is 2.20. The third kappa shape index (κ3) is 3.86. The first-order chi connectivity index (χ1) is 6.94. The Balaban J connectivity index is 2.69. The molecular weight excluding hydrogens is 206 g/mol. The highest BCUT2D eigenvalue weighted by Crippen LogP contribution is 2.25. The van der Waals surface area contributed by atoms with Crippen LogP contribution < -0.4 is 5.73 Å². The summed E-state index contributed by atoms with van der Waals surface area (Å²) >= 11 is 1.71. The lowest BCUT2D eigenvalue weighted by Gasteiger charge is -2.21. The zero-order valence-electron chi connectivity index (χ0n) is 9.58. The maximum atomic E-state index is 9.06. The van der Waals surface area contributed by atoms with Crippen molar-refractivity contribution in [2.45, 2.75) is 31.2 Å². The van der Waals surface area contributed by atoms with Gasteiger partial charge in [-0.25, -0.2) is 0 Å². The van der Waals surface area contributed by atoms with Crippen LogP contribution in [-0.2, 0) is 0 Å². The topological polar surface area (TPSA) is 46.2 Å². The van der Waals surface area contributed by atoms with Gasteiger partial charge in [-0.1, -0.05) is 17.7 Å². The molecule has 0 aliphatic rings. The van der Waals surface area contributed by atoms with Crippen molar-refractivity contribution in [2.75, 3.05) is 12.4 Å². The molecule has 1 rings (SSSR count). The van der Waals surface area contributed by atoms with Crippen molar-refractivity contribution in [1.82, 2.24) is 0 Å². The molecule has 0 bridgehead atoms. The Morgan fingerprint density at radius 3 is 2.67 bits per heavy atom. The van der Waals surface area contributed by atoms with Gasteiger partial charge in [0.2, 0.25) is 0 Å². The van der Waals surface area contributed by atoms with Crippen LogP contribution in [-0.4, -0.2) is 23.0 Å². The molecule has 3 heteroatoms. The van der Waals surface area contributed by atoms with E-state index in [1.54, 1.807) is 11.8 Å². The van der Waals surface area contributed by atoms with Crippen LogP contribution in [0, 0.1) is 13.8 Å². The monoisotopic (exact) mass is 225 g/mol. The Morgan fingerprint density at radius 2 is 2.07 bits per heavy atom. The van der Waals surface area contributed by atoms with E-state index in [4.69, 9.17) is 10.8 Å². The van der Waals surface area contributed by atoms with Crippen LogP contribution in [0.1, 0.15) is 18.1 Å². The van der Waals surface area contributed by atoms with Crippen molar-refractivity contribution in [1.29, 1.82) is 0 Å². The molecule has 0 heterocycles. The molecule has 1 aromatic carbocycles. The first-order valence-corrected chi connectivity index (χ1v) is 6.03. The molecule has 0 saturated carbocycles. The largest absolute Gasteiger partial charge is 0.394 e. The third-order valence-corrected chi connectivity index (χ3v) is 3.82. The van der Waals surface area contributed by atoms with Crippen LogP contribution in [0.4, 0.5) is 0 Å². The summed E-state index contributed by atoms with van der Waals surface area (Å²) < 4.78 is 0. The molecule has 1 atom stereocenters. The van der Waals surface area contributed by atoms with Gasteiger partial charge >= 0.3 is 0 Å². The summed E-state index contributed by atoms with van der Waals surface area (Å²) in [5.41, 5.74) is 7.90. The SMILES string of the molecule is Cc1ccc(C)c(SCC(C)(N)CO)c1. The zero-order chi connectivity index (χ0) is 11.5. The van der Waals surface area contributed by atoms with Crippen molar-refractivity contribution < 1.29 is 5.11 Å². The highest BCUT2D eigenvalue weighted by Gasteiger charge is 2.17. The minimum absolute atomic E-state index is 0.0187. The van der Waals surface area contributed by atoms with Crippen LogP contribution in [0.5, 0.6) is 0 Å². The molecule has 0 aliphatic carbocycles. The Kier molecular flexibility index (Phi) is 4.20. The number of aliphatic hydroxyl groups is 1. The number of nitrogens with two attached hydrogens (primary N) is 1. The molecule has 1 aromatic rings. The van der Waals surface area contributed by atoms with E-state index in [1.165, 1.54) is 16.0 Å². The minimum atomic E-state index is -0.499. The summed E-state index contributed by atoms with van der Waals surface area (Å²) in [6.07, 6.45) is 0. The smallest absolute Gasteiger partial charge is 0.0616 e. The van der Waals surface area contributed by atoms with Gasteiger partial charge < -0.3 is 10.8 Å². The van der Waals surface area contributed by atoms with E-state index in [0.717, 1.165) is 5.75 Å². The normalized spacial score (nSPS) is 15.0. The molecule has 0 aliphatic heterocycles. The first-order valence-electron chi connectivity index (χ1n) is 5.04. The standard InChI is InChI=1S/C12H19NOS/c1-9-4-5-10(2)11(6-9)15-8-12(3,13)7-14/h4-6,14H,7-8,13H2,1-3H3. The summed E-state index contributed by atoms with van der Waals surface area (Å²) in [7, 11) is 0. The quantitative estimate of drug-likeness (QED) is 0.771. The van der Waals surface area contributed by atoms with E-state index >= 15 is 0 Å². The van der Waals surface area contributed by atoms with E-state index in [-0.39, 0.29) is 6.61 Å². The highest BCUT2D eigenvalue weighted by molar-refractivity contribution is 7.99. The second-order valence-corrected chi connectivity index (χ2v) is 5.39. The number of thioether (sulfide) groups is 1. The first kappa shape index (κ1) is 12.6. The summed E-state index contributed by atoms with van der Waals surface area (Å²) in [6.45, 7) is 6.06. The van der Waals surface area contributed by atoms with Gasteiger partial charge in [-0.2, -0.15) is 0 Å². The maximum absolute atomic E-state index is 9.06.